The number of rotatable bonds is 4. The molecular weight excluding hydrogens is 302 g/mol. The van der Waals surface area contributed by atoms with Gasteiger partial charge in [0.15, 0.2) is 0 Å². The molecule has 0 saturated carbocycles. The van der Waals surface area contributed by atoms with E-state index in [1.165, 1.54) is 36.2 Å². The fraction of sp³-hybridized carbons (Fsp3) is 0.182. The molecule has 1 heterocycles. The average molecular weight is 313 g/mol. The van der Waals surface area contributed by atoms with E-state index in [4.69, 9.17) is 0 Å². The van der Waals surface area contributed by atoms with Gasteiger partial charge in [-0.05, 0) is 18.4 Å². The van der Waals surface area contributed by atoms with Gasteiger partial charge in [-0.1, -0.05) is 0 Å². The van der Waals surface area contributed by atoms with Gasteiger partial charge in [0.2, 0.25) is 0 Å². The molecule has 2 aromatic rings. The van der Waals surface area contributed by atoms with Gasteiger partial charge in [-0.25, -0.2) is 8.42 Å². The van der Waals surface area contributed by atoms with Crippen molar-refractivity contribution in [3.8, 4) is 11.3 Å². The summed E-state index contributed by atoms with van der Waals surface area (Å²) < 4.78 is 23.6. The molecule has 0 N–H and O–H groups in total. The smallest absolute Gasteiger partial charge is 0.258 e. The zero-order valence-corrected chi connectivity index (χ0v) is 12.3. The van der Waals surface area contributed by atoms with Crippen LogP contribution in [-0.2, 0) is 10.0 Å². The summed E-state index contributed by atoms with van der Waals surface area (Å²) in [5.74, 6) is 0. The molecule has 0 bridgehead atoms. The normalized spacial score (nSPS) is 11.5. The third kappa shape index (κ3) is 2.83. The zero-order chi connectivity index (χ0) is 14.9. The lowest BCUT2D eigenvalue weighted by Gasteiger charge is -2.04. The van der Waals surface area contributed by atoms with Crippen molar-refractivity contribution in [2.45, 2.75) is 4.90 Å². The monoisotopic (exact) mass is 313 g/mol. The lowest BCUT2D eigenvalue weighted by Crippen LogP contribution is -2.10. The van der Waals surface area contributed by atoms with Gasteiger partial charge in [-0.2, -0.15) is 9.19 Å². The van der Waals surface area contributed by atoms with E-state index in [0.717, 1.165) is 15.2 Å². The van der Waals surface area contributed by atoms with Crippen LogP contribution in [-0.4, -0.2) is 35.0 Å². The topological polar surface area (TPSA) is 95.1 Å². The third-order valence-corrected chi connectivity index (χ3v) is 4.25. The summed E-state index contributed by atoms with van der Waals surface area (Å²) in [7, 11) is -3.47. The molecule has 0 saturated heterocycles. The van der Waals surface area contributed by atoms with Crippen molar-refractivity contribution in [1.82, 2.24) is 9.19 Å². The van der Waals surface area contributed by atoms with E-state index in [1.54, 1.807) is 6.07 Å². The third-order valence-electron chi connectivity index (χ3n) is 2.58. The maximum atomic E-state index is 11.4. The summed E-state index contributed by atoms with van der Waals surface area (Å²) in [4.78, 5) is 11.1. The highest BCUT2D eigenvalue weighted by atomic mass is 32.2. The predicted octanol–water partition coefficient (Wildman–Crippen LogP) is 1.99. The summed E-state index contributed by atoms with van der Waals surface area (Å²) in [5.41, 5.74) is 0.851. The Bertz CT molecular complexity index is 768. The van der Waals surface area contributed by atoms with E-state index in [0.29, 0.717) is 11.3 Å². The first-order chi connectivity index (χ1) is 9.32. The summed E-state index contributed by atoms with van der Waals surface area (Å²) in [6, 6.07) is 5.93. The molecule has 1 aromatic carbocycles. The van der Waals surface area contributed by atoms with Crippen LogP contribution in [0.3, 0.4) is 0 Å². The Labute approximate surface area is 119 Å². The first-order valence-corrected chi connectivity index (χ1v) is 8.49. The van der Waals surface area contributed by atoms with Gasteiger partial charge >= 0.3 is 0 Å². The quantitative estimate of drug-likeness (QED) is 0.486. The summed E-state index contributed by atoms with van der Waals surface area (Å²) in [6.45, 7) is 0. The maximum Gasteiger partial charge on any atom is 0.270 e. The van der Waals surface area contributed by atoms with Crippen LogP contribution in [0, 0.1) is 10.1 Å². The number of nitro benzene ring substituents is 1. The number of hydrogen-bond donors (Lipinski definition) is 0. The van der Waals surface area contributed by atoms with Crippen molar-refractivity contribution in [1.29, 1.82) is 0 Å². The summed E-state index contributed by atoms with van der Waals surface area (Å²) >= 11 is 1.41. The molecule has 0 amide bonds. The highest BCUT2D eigenvalue weighted by Crippen LogP contribution is 2.32. The van der Waals surface area contributed by atoms with Crippen molar-refractivity contribution in [3.63, 3.8) is 0 Å². The number of aromatic nitrogens is 2. The van der Waals surface area contributed by atoms with Gasteiger partial charge in [0, 0.05) is 28.8 Å². The fourth-order valence-electron chi connectivity index (χ4n) is 1.65. The second-order valence-corrected chi connectivity index (χ2v) is 6.67. The number of non-ortho nitro benzene ring substituents is 1. The molecule has 20 heavy (non-hydrogen) atoms. The molecule has 106 valence electrons. The van der Waals surface area contributed by atoms with Crippen LogP contribution in [0.15, 0.2) is 35.4 Å². The molecule has 2 rings (SSSR count). The highest BCUT2D eigenvalue weighted by Gasteiger charge is 2.15. The van der Waals surface area contributed by atoms with Crippen LogP contribution in [0.5, 0.6) is 0 Å². The van der Waals surface area contributed by atoms with Crippen molar-refractivity contribution < 1.29 is 13.3 Å². The molecule has 0 fully saturated rings. The Morgan fingerprint density at radius 2 is 2.05 bits per heavy atom. The minimum atomic E-state index is -3.47. The molecule has 0 radical (unpaired) electrons. The summed E-state index contributed by atoms with van der Waals surface area (Å²) in [5, 5.41) is 14.8. The molecule has 0 aliphatic heterocycles. The molecule has 9 heteroatoms. The highest BCUT2D eigenvalue weighted by molar-refractivity contribution is 7.98. The predicted molar refractivity (Wildman–Crippen MR) is 76.3 cm³/mol. The Hall–Kier alpha value is -1.87. The second kappa shape index (κ2) is 5.25. The van der Waals surface area contributed by atoms with Crippen molar-refractivity contribution in [2.24, 2.45) is 0 Å². The van der Waals surface area contributed by atoms with Gasteiger partial charge in [0.1, 0.15) is 0 Å². The zero-order valence-electron chi connectivity index (χ0n) is 10.7. The number of benzene rings is 1. The number of nitrogens with zero attached hydrogens (tertiary/aromatic N) is 3. The van der Waals surface area contributed by atoms with Crippen LogP contribution < -0.4 is 0 Å². The van der Waals surface area contributed by atoms with Crippen LogP contribution >= 0.6 is 11.8 Å². The van der Waals surface area contributed by atoms with E-state index in [9.17, 15) is 18.5 Å². The van der Waals surface area contributed by atoms with Crippen molar-refractivity contribution >= 4 is 27.5 Å². The first-order valence-electron chi connectivity index (χ1n) is 5.42. The van der Waals surface area contributed by atoms with Crippen molar-refractivity contribution in [2.75, 3.05) is 12.5 Å². The molecule has 0 atom stereocenters. The van der Waals surface area contributed by atoms with Gasteiger partial charge in [0.25, 0.3) is 15.7 Å². The van der Waals surface area contributed by atoms with Crippen LogP contribution in [0.2, 0.25) is 0 Å². The lowest BCUT2D eigenvalue weighted by atomic mass is 10.1. The molecule has 0 unspecified atom stereocenters. The first kappa shape index (κ1) is 14.5. The lowest BCUT2D eigenvalue weighted by molar-refractivity contribution is -0.384. The standard InChI is InChI=1S/C11H11N3O4S2/c1-19-11-4-3-8(14(15)16)7-9(11)10-5-6-13(12-10)20(2,17)18/h3-7H,1-2H3. The number of hydrogen-bond acceptors (Lipinski definition) is 6. The van der Waals surface area contributed by atoms with Crippen LogP contribution in [0.25, 0.3) is 11.3 Å². The van der Waals surface area contributed by atoms with Gasteiger partial charge < -0.3 is 0 Å². The number of thioether (sulfide) groups is 1. The molecular formula is C11H11N3O4S2. The minimum Gasteiger partial charge on any atom is -0.258 e. The Morgan fingerprint density at radius 1 is 1.35 bits per heavy atom. The molecule has 0 aliphatic carbocycles. The Balaban J connectivity index is 2.58. The Kier molecular flexibility index (Phi) is 3.82. The maximum absolute atomic E-state index is 11.4. The molecule has 1 aromatic heterocycles. The molecule has 0 aliphatic rings. The average Bonchev–Trinajstić information content (AvgIpc) is 2.87. The fourth-order valence-corrected chi connectivity index (χ4v) is 2.75. The van der Waals surface area contributed by atoms with E-state index in [2.05, 4.69) is 5.10 Å². The Morgan fingerprint density at radius 3 is 2.55 bits per heavy atom. The van der Waals surface area contributed by atoms with E-state index in [1.807, 2.05) is 6.26 Å². The van der Waals surface area contributed by atoms with Gasteiger partial charge in [0.05, 0.1) is 16.9 Å². The second-order valence-electron chi connectivity index (χ2n) is 3.98. The largest absolute Gasteiger partial charge is 0.270 e. The van der Waals surface area contributed by atoms with Gasteiger partial charge in [-0.3, -0.25) is 10.1 Å². The number of nitro groups is 1. The molecule has 7 nitrogen and oxygen atoms in total. The minimum absolute atomic E-state index is 0.0632. The van der Waals surface area contributed by atoms with Crippen molar-refractivity contribution in [3.05, 3.63) is 40.6 Å². The van der Waals surface area contributed by atoms with E-state index >= 15 is 0 Å². The molecule has 0 spiro atoms. The van der Waals surface area contributed by atoms with Crippen LogP contribution in [0.1, 0.15) is 0 Å². The van der Waals surface area contributed by atoms with E-state index in [-0.39, 0.29) is 5.69 Å². The van der Waals surface area contributed by atoms with E-state index < -0.39 is 14.9 Å². The van der Waals surface area contributed by atoms with Crippen LogP contribution in [0.4, 0.5) is 5.69 Å². The van der Waals surface area contributed by atoms with Gasteiger partial charge in [-0.15, -0.1) is 11.8 Å². The SMILES string of the molecule is CSc1ccc([N+](=O)[O-])cc1-c1ccn(S(C)(=O)=O)n1. The summed E-state index contributed by atoms with van der Waals surface area (Å²) in [6.07, 6.45) is 4.18.